The maximum atomic E-state index is 11.4. The molecule has 0 radical (unpaired) electrons. The van der Waals surface area contributed by atoms with Gasteiger partial charge in [0.1, 0.15) is 5.82 Å². The monoisotopic (exact) mass is 338 g/mol. The summed E-state index contributed by atoms with van der Waals surface area (Å²) in [5.41, 5.74) is 0.794. The lowest BCUT2D eigenvalue weighted by molar-refractivity contribution is 0.749. The maximum Gasteiger partial charge on any atom is 0.264 e. The quantitative estimate of drug-likeness (QED) is 0.859. The Bertz CT molecular complexity index is 389. The van der Waals surface area contributed by atoms with Gasteiger partial charge in [-0.25, -0.2) is 4.98 Å². The summed E-state index contributed by atoms with van der Waals surface area (Å²) in [6, 6.07) is 0. The molecule has 0 saturated carbocycles. The van der Waals surface area contributed by atoms with E-state index < -0.39 is 0 Å². The normalized spacial score (nSPS) is 11.0. The van der Waals surface area contributed by atoms with Crippen molar-refractivity contribution in [3.63, 3.8) is 0 Å². The molecule has 0 spiro atoms. The Balaban J connectivity index is 2.67. The summed E-state index contributed by atoms with van der Waals surface area (Å²) in [4.78, 5) is 18.6. The third kappa shape index (κ3) is 4.14. The highest BCUT2D eigenvalue weighted by molar-refractivity contribution is 14.1. The minimum absolute atomic E-state index is 0.0248. The second-order valence-corrected chi connectivity index (χ2v) is 5.93. The number of aromatic amines is 1. The molecule has 1 aromatic heterocycles. The third-order valence-electron chi connectivity index (χ3n) is 1.77. The van der Waals surface area contributed by atoms with E-state index in [0.717, 1.165) is 23.0 Å². The first-order valence-electron chi connectivity index (χ1n) is 4.83. The van der Waals surface area contributed by atoms with Gasteiger partial charge < -0.3 is 4.98 Å². The largest absolute Gasteiger partial charge is 0.309 e. The molecule has 15 heavy (non-hydrogen) atoms. The van der Waals surface area contributed by atoms with Gasteiger partial charge >= 0.3 is 0 Å². The highest BCUT2D eigenvalue weighted by Gasteiger charge is 2.05. The van der Waals surface area contributed by atoms with Crippen molar-refractivity contribution >= 4 is 34.4 Å². The van der Waals surface area contributed by atoms with Gasteiger partial charge in [-0.05, 0) is 41.2 Å². The molecule has 1 heterocycles. The molecule has 0 amide bonds. The van der Waals surface area contributed by atoms with E-state index in [4.69, 9.17) is 0 Å². The molecule has 0 aromatic carbocycles. The Morgan fingerprint density at radius 1 is 1.53 bits per heavy atom. The minimum Gasteiger partial charge on any atom is -0.309 e. The van der Waals surface area contributed by atoms with Gasteiger partial charge in [-0.15, -0.1) is 0 Å². The molecule has 84 valence electrons. The summed E-state index contributed by atoms with van der Waals surface area (Å²) in [5.74, 6) is 3.33. The highest BCUT2D eigenvalue weighted by atomic mass is 127. The summed E-state index contributed by atoms with van der Waals surface area (Å²) >= 11 is 3.82. The van der Waals surface area contributed by atoms with Gasteiger partial charge in [-0.2, -0.15) is 11.8 Å². The Kier molecular flexibility index (Phi) is 5.11. The maximum absolute atomic E-state index is 11.4. The number of aryl methyl sites for hydroxylation is 1. The number of nitrogens with zero attached hydrogens (tertiary/aromatic N) is 1. The molecule has 3 nitrogen and oxygen atoms in total. The van der Waals surface area contributed by atoms with Crippen LogP contribution in [0.25, 0.3) is 0 Å². The van der Waals surface area contributed by atoms with Gasteiger partial charge in [-0.1, -0.05) is 13.8 Å². The fraction of sp³-hybridized carbons (Fsp3) is 0.600. The van der Waals surface area contributed by atoms with E-state index in [1.54, 1.807) is 11.8 Å². The van der Waals surface area contributed by atoms with Crippen LogP contribution in [0.1, 0.15) is 25.4 Å². The van der Waals surface area contributed by atoms with Crippen molar-refractivity contribution in [2.75, 3.05) is 5.75 Å². The van der Waals surface area contributed by atoms with Crippen LogP contribution in [0, 0.1) is 16.4 Å². The highest BCUT2D eigenvalue weighted by Crippen LogP contribution is 2.12. The van der Waals surface area contributed by atoms with Crippen molar-refractivity contribution in [2.45, 2.75) is 26.5 Å². The summed E-state index contributed by atoms with van der Waals surface area (Å²) in [7, 11) is 0. The van der Waals surface area contributed by atoms with E-state index in [-0.39, 0.29) is 5.56 Å². The van der Waals surface area contributed by atoms with Crippen LogP contribution in [0.5, 0.6) is 0 Å². The first-order chi connectivity index (χ1) is 7.00. The standard InChI is InChI=1S/C10H15IN2OS/c1-6(2)4-15-5-8-12-7(3)9(11)10(14)13-8/h6H,4-5H2,1-3H3,(H,12,13,14). The molecule has 0 aliphatic rings. The van der Waals surface area contributed by atoms with Gasteiger partial charge in [0.15, 0.2) is 0 Å². The third-order valence-corrected chi connectivity index (χ3v) is 4.42. The van der Waals surface area contributed by atoms with Crippen LogP contribution in [0.15, 0.2) is 4.79 Å². The molecule has 0 atom stereocenters. The summed E-state index contributed by atoms with van der Waals surface area (Å²) < 4.78 is 0.685. The molecule has 5 heteroatoms. The van der Waals surface area contributed by atoms with Crippen molar-refractivity contribution in [3.8, 4) is 0 Å². The minimum atomic E-state index is -0.0248. The van der Waals surface area contributed by atoms with Crippen molar-refractivity contribution in [1.82, 2.24) is 9.97 Å². The number of hydrogen-bond acceptors (Lipinski definition) is 3. The molecule has 0 aliphatic heterocycles. The smallest absolute Gasteiger partial charge is 0.264 e. The number of aromatic nitrogens is 2. The molecule has 0 saturated heterocycles. The molecule has 1 N–H and O–H groups in total. The molecule has 0 aliphatic carbocycles. The zero-order valence-corrected chi connectivity index (χ0v) is 12.1. The summed E-state index contributed by atoms with van der Waals surface area (Å²) in [6.07, 6.45) is 0. The topological polar surface area (TPSA) is 45.8 Å². The van der Waals surface area contributed by atoms with Crippen molar-refractivity contribution < 1.29 is 0 Å². The molecular formula is C10H15IN2OS. The lowest BCUT2D eigenvalue weighted by atomic mass is 10.3. The van der Waals surface area contributed by atoms with Crippen molar-refractivity contribution in [1.29, 1.82) is 0 Å². The lowest BCUT2D eigenvalue weighted by Crippen LogP contribution is -2.16. The van der Waals surface area contributed by atoms with E-state index in [1.165, 1.54) is 0 Å². The molecule has 0 unspecified atom stereocenters. The van der Waals surface area contributed by atoms with Gasteiger partial charge in [0.05, 0.1) is 15.0 Å². The average Bonchev–Trinajstić information content (AvgIpc) is 2.13. The van der Waals surface area contributed by atoms with Gasteiger partial charge in [0.25, 0.3) is 5.56 Å². The number of nitrogens with one attached hydrogen (secondary N) is 1. The fourth-order valence-electron chi connectivity index (χ4n) is 1.09. The summed E-state index contributed by atoms with van der Waals surface area (Å²) in [5, 5.41) is 0. The molecule has 1 rings (SSSR count). The Morgan fingerprint density at radius 3 is 2.73 bits per heavy atom. The van der Waals surface area contributed by atoms with Crippen LogP contribution < -0.4 is 5.56 Å². The van der Waals surface area contributed by atoms with Crippen LogP contribution in [0.2, 0.25) is 0 Å². The Labute approximate surface area is 108 Å². The predicted molar refractivity (Wildman–Crippen MR) is 73.3 cm³/mol. The Morgan fingerprint density at radius 2 is 2.20 bits per heavy atom. The number of hydrogen-bond donors (Lipinski definition) is 1. The molecule has 1 aromatic rings. The van der Waals surface area contributed by atoms with Crippen LogP contribution in [-0.2, 0) is 5.75 Å². The average molecular weight is 338 g/mol. The molecular weight excluding hydrogens is 323 g/mol. The van der Waals surface area contributed by atoms with Crippen LogP contribution in [0.3, 0.4) is 0 Å². The van der Waals surface area contributed by atoms with Gasteiger partial charge in [0.2, 0.25) is 0 Å². The van der Waals surface area contributed by atoms with Crippen LogP contribution >= 0.6 is 34.4 Å². The lowest BCUT2D eigenvalue weighted by Gasteiger charge is -2.05. The molecule has 0 bridgehead atoms. The van der Waals surface area contributed by atoms with Crippen molar-refractivity contribution in [3.05, 3.63) is 25.4 Å². The van der Waals surface area contributed by atoms with E-state index >= 15 is 0 Å². The Hall–Kier alpha value is -0.0400. The zero-order chi connectivity index (χ0) is 11.4. The van der Waals surface area contributed by atoms with Gasteiger partial charge in [-0.3, -0.25) is 4.79 Å². The number of rotatable bonds is 4. The number of H-pyrrole nitrogens is 1. The molecule has 0 fully saturated rings. The van der Waals surface area contributed by atoms with Gasteiger partial charge in [0, 0.05) is 0 Å². The van der Waals surface area contributed by atoms with Crippen LogP contribution in [-0.4, -0.2) is 15.7 Å². The summed E-state index contributed by atoms with van der Waals surface area (Å²) in [6.45, 7) is 6.23. The second kappa shape index (κ2) is 5.89. The fourth-order valence-corrected chi connectivity index (χ4v) is 2.26. The second-order valence-electron chi connectivity index (χ2n) is 3.82. The number of thioether (sulfide) groups is 1. The predicted octanol–water partition coefficient (Wildman–Crippen LogP) is 2.57. The zero-order valence-electron chi connectivity index (χ0n) is 9.13. The van der Waals surface area contributed by atoms with Crippen LogP contribution in [0.4, 0.5) is 0 Å². The first-order valence-corrected chi connectivity index (χ1v) is 7.07. The SMILES string of the molecule is Cc1nc(CSCC(C)C)[nH]c(=O)c1I. The van der Waals surface area contributed by atoms with Crippen molar-refractivity contribution in [2.24, 2.45) is 5.92 Å². The van der Waals surface area contributed by atoms with E-state index in [1.807, 2.05) is 29.5 Å². The number of halogens is 1. The van der Waals surface area contributed by atoms with E-state index in [2.05, 4.69) is 23.8 Å². The first kappa shape index (κ1) is 13.0. The van der Waals surface area contributed by atoms with E-state index in [9.17, 15) is 4.79 Å². The van der Waals surface area contributed by atoms with E-state index in [0.29, 0.717) is 9.49 Å².